The van der Waals surface area contributed by atoms with Gasteiger partial charge in [-0.05, 0) is 45.7 Å². The molecule has 0 aromatic heterocycles. The molecule has 0 aromatic rings. The molecule has 1 rings (SSSR count). The topological polar surface area (TPSA) is 41.6 Å². The van der Waals surface area contributed by atoms with Crippen molar-refractivity contribution in [3.05, 3.63) is 0 Å². The smallest absolute Gasteiger partial charge is 0.326 e. The molecule has 0 spiro atoms. The van der Waals surface area contributed by atoms with E-state index in [-0.39, 0.29) is 11.4 Å². The lowest BCUT2D eigenvalue weighted by atomic mass is 9.94. The second-order valence-corrected chi connectivity index (χ2v) is 6.92. The predicted molar refractivity (Wildman–Crippen MR) is 78.1 cm³/mol. The first-order valence-electron chi connectivity index (χ1n) is 7.30. The Morgan fingerprint density at radius 1 is 1.47 bits per heavy atom. The zero-order valence-corrected chi connectivity index (χ0v) is 13.4. The molecule has 1 saturated carbocycles. The molecule has 19 heavy (non-hydrogen) atoms. The molecule has 2 unspecified atom stereocenters. The summed E-state index contributed by atoms with van der Waals surface area (Å²) in [6.45, 7) is 10.1. The molecule has 0 amide bonds. The fraction of sp³-hybridized carbons (Fsp3) is 0.933. The lowest BCUT2D eigenvalue weighted by molar-refractivity contribution is -0.151. The highest BCUT2D eigenvalue weighted by atomic mass is 16.5. The van der Waals surface area contributed by atoms with E-state index >= 15 is 0 Å². The van der Waals surface area contributed by atoms with Crippen LogP contribution in [0.5, 0.6) is 0 Å². The van der Waals surface area contributed by atoms with Crippen LogP contribution in [0.25, 0.3) is 0 Å². The van der Waals surface area contributed by atoms with Crippen LogP contribution in [0.15, 0.2) is 0 Å². The minimum Gasteiger partial charge on any atom is -0.465 e. The Morgan fingerprint density at radius 3 is 2.58 bits per heavy atom. The highest BCUT2D eigenvalue weighted by Gasteiger charge is 2.46. The van der Waals surface area contributed by atoms with Gasteiger partial charge in [-0.15, -0.1) is 0 Å². The number of hydrogen-bond donors (Lipinski definition) is 1. The van der Waals surface area contributed by atoms with Crippen molar-refractivity contribution in [1.29, 1.82) is 0 Å². The van der Waals surface area contributed by atoms with E-state index in [1.165, 1.54) is 0 Å². The molecule has 4 nitrogen and oxygen atoms in total. The number of rotatable bonds is 5. The largest absolute Gasteiger partial charge is 0.465 e. The summed E-state index contributed by atoms with van der Waals surface area (Å²) in [5, 5.41) is 3.21. The first-order chi connectivity index (χ1) is 8.74. The van der Waals surface area contributed by atoms with Gasteiger partial charge in [0, 0.05) is 12.6 Å². The minimum absolute atomic E-state index is 0.0934. The van der Waals surface area contributed by atoms with Crippen molar-refractivity contribution in [2.75, 3.05) is 27.2 Å². The van der Waals surface area contributed by atoms with Crippen molar-refractivity contribution in [3.8, 4) is 0 Å². The highest BCUT2D eigenvalue weighted by molar-refractivity contribution is 5.81. The molecule has 0 aromatic carbocycles. The van der Waals surface area contributed by atoms with Crippen LogP contribution in [0.3, 0.4) is 0 Å². The maximum absolute atomic E-state index is 12.1. The van der Waals surface area contributed by atoms with Crippen LogP contribution in [0, 0.1) is 5.41 Å². The second-order valence-electron chi connectivity index (χ2n) is 6.92. The normalized spacial score (nSPS) is 27.8. The summed E-state index contributed by atoms with van der Waals surface area (Å²) in [6.07, 6.45) is 2.75. The first-order valence-corrected chi connectivity index (χ1v) is 7.30. The fourth-order valence-corrected chi connectivity index (χ4v) is 3.06. The van der Waals surface area contributed by atoms with Gasteiger partial charge in [-0.1, -0.05) is 20.8 Å². The van der Waals surface area contributed by atoms with Crippen LogP contribution < -0.4 is 5.32 Å². The van der Waals surface area contributed by atoms with E-state index in [0.717, 1.165) is 25.8 Å². The number of likely N-dealkylation sites (N-methyl/N-ethyl adjacent to an activating group) is 1. The molecule has 112 valence electrons. The molecular formula is C15H30N2O2. The summed E-state index contributed by atoms with van der Waals surface area (Å²) in [4.78, 5) is 14.5. The van der Waals surface area contributed by atoms with Gasteiger partial charge in [-0.25, -0.2) is 0 Å². The van der Waals surface area contributed by atoms with Gasteiger partial charge in [-0.2, -0.15) is 0 Å². The molecule has 0 bridgehead atoms. The molecule has 0 aliphatic heterocycles. The summed E-state index contributed by atoms with van der Waals surface area (Å²) in [5.41, 5.74) is -0.198. The van der Waals surface area contributed by atoms with Crippen LogP contribution >= 0.6 is 0 Å². The minimum atomic E-state index is -0.479. The maximum Gasteiger partial charge on any atom is 0.326 e. The number of carbonyl (C=O) groups excluding carboxylic acids is 1. The summed E-state index contributed by atoms with van der Waals surface area (Å²) in [7, 11) is 4.02. The molecule has 1 aliphatic rings. The third-order valence-electron chi connectivity index (χ3n) is 3.98. The van der Waals surface area contributed by atoms with Crippen molar-refractivity contribution in [1.82, 2.24) is 10.2 Å². The van der Waals surface area contributed by atoms with E-state index in [1.807, 2.05) is 14.0 Å². The van der Waals surface area contributed by atoms with Crippen LogP contribution in [0.1, 0.15) is 47.0 Å². The van der Waals surface area contributed by atoms with Crippen molar-refractivity contribution >= 4 is 5.97 Å². The quantitative estimate of drug-likeness (QED) is 0.776. The van der Waals surface area contributed by atoms with Crippen molar-refractivity contribution < 1.29 is 9.53 Å². The molecule has 0 heterocycles. The van der Waals surface area contributed by atoms with Crippen molar-refractivity contribution in [2.45, 2.75) is 58.5 Å². The predicted octanol–water partition coefficient (Wildman–Crippen LogP) is 2.04. The van der Waals surface area contributed by atoms with Gasteiger partial charge in [-0.3, -0.25) is 4.79 Å². The molecular weight excluding hydrogens is 240 g/mol. The molecule has 1 N–H and O–H groups in total. The fourth-order valence-electron chi connectivity index (χ4n) is 3.06. The van der Waals surface area contributed by atoms with Gasteiger partial charge in [0.2, 0.25) is 0 Å². The van der Waals surface area contributed by atoms with Gasteiger partial charge in [0.1, 0.15) is 5.54 Å². The highest BCUT2D eigenvalue weighted by Crippen LogP contribution is 2.34. The van der Waals surface area contributed by atoms with E-state index in [4.69, 9.17) is 4.74 Å². The number of nitrogens with zero attached hydrogens (tertiary/aromatic N) is 1. The Labute approximate surface area is 117 Å². The van der Waals surface area contributed by atoms with E-state index < -0.39 is 5.54 Å². The Hall–Kier alpha value is -0.610. The van der Waals surface area contributed by atoms with E-state index in [1.54, 1.807) is 0 Å². The number of carbonyl (C=O) groups is 1. The number of nitrogens with one attached hydrogen (secondary N) is 1. The lowest BCUT2D eigenvalue weighted by Gasteiger charge is -2.32. The number of ether oxygens (including phenoxy) is 1. The molecule has 0 saturated heterocycles. The third-order valence-corrected chi connectivity index (χ3v) is 3.98. The van der Waals surface area contributed by atoms with E-state index in [2.05, 4.69) is 38.0 Å². The summed E-state index contributed by atoms with van der Waals surface area (Å²) < 4.78 is 5.23. The van der Waals surface area contributed by atoms with E-state index in [0.29, 0.717) is 12.6 Å². The van der Waals surface area contributed by atoms with Gasteiger partial charge < -0.3 is 15.0 Å². The third kappa shape index (κ3) is 4.18. The van der Waals surface area contributed by atoms with E-state index in [9.17, 15) is 4.79 Å². The Balaban J connectivity index is 2.67. The maximum atomic E-state index is 12.1. The zero-order valence-electron chi connectivity index (χ0n) is 13.4. The Bertz CT molecular complexity index is 312. The Kier molecular flexibility index (Phi) is 5.39. The van der Waals surface area contributed by atoms with Crippen molar-refractivity contribution in [2.24, 2.45) is 5.41 Å². The van der Waals surface area contributed by atoms with Gasteiger partial charge in [0.05, 0.1) is 6.61 Å². The van der Waals surface area contributed by atoms with Crippen LogP contribution in [0.2, 0.25) is 0 Å². The molecule has 0 radical (unpaired) electrons. The monoisotopic (exact) mass is 270 g/mol. The molecule has 2 atom stereocenters. The second kappa shape index (κ2) is 6.23. The SMILES string of the molecule is CCOC(=O)C1(NC)CCC(N(C)CC(C)(C)C)C1. The van der Waals surface area contributed by atoms with Crippen LogP contribution in [-0.2, 0) is 9.53 Å². The van der Waals surface area contributed by atoms with Gasteiger partial charge in [0.15, 0.2) is 0 Å². The molecule has 1 fully saturated rings. The van der Waals surface area contributed by atoms with Gasteiger partial charge >= 0.3 is 5.97 Å². The average Bonchev–Trinajstić information content (AvgIpc) is 2.72. The van der Waals surface area contributed by atoms with Gasteiger partial charge in [0.25, 0.3) is 0 Å². The molecule has 4 heteroatoms. The van der Waals surface area contributed by atoms with Crippen LogP contribution in [0.4, 0.5) is 0 Å². The average molecular weight is 270 g/mol. The Morgan fingerprint density at radius 2 is 2.11 bits per heavy atom. The summed E-state index contributed by atoms with van der Waals surface area (Å²) in [5.74, 6) is -0.0934. The summed E-state index contributed by atoms with van der Waals surface area (Å²) >= 11 is 0. The standard InChI is InChI=1S/C15H30N2O2/c1-7-19-13(18)15(16-5)9-8-12(10-15)17(6)11-14(2,3)4/h12,16H,7-11H2,1-6H3. The van der Waals surface area contributed by atoms with Crippen molar-refractivity contribution in [3.63, 3.8) is 0 Å². The number of esters is 1. The first kappa shape index (κ1) is 16.4. The van der Waals surface area contributed by atoms with Crippen LogP contribution in [-0.4, -0.2) is 49.7 Å². The lowest BCUT2D eigenvalue weighted by Crippen LogP contribution is -2.50. The number of hydrogen-bond acceptors (Lipinski definition) is 4. The summed E-state index contributed by atoms with van der Waals surface area (Å²) in [6, 6.07) is 0.455. The zero-order chi connectivity index (χ0) is 14.7. The molecule has 1 aliphatic carbocycles.